The number of carbonyl (C=O) groups is 2. The zero-order valence-electron chi connectivity index (χ0n) is 14.1. The normalized spacial score (nSPS) is 28.0. The van der Waals surface area contributed by atoms with Crippen molar-refractivity contribution < 1.29 is 81.5 Å². The van der Waals surface area contributed by atoms with Gasteiger partial charge in [0.15, 0.2) is 0 Å². The van der Waals surface area contributed by atoms with E-state index in [4.69, 9.17) is 29.3 Å². The van der Waals surface area contributed by atoms with Crippen LogP contribution in [0.1, 0.15) is 39.5 Å². The van der Waals surface area contributed by atoms with Crippen LogP contribution >= 0.6 is 0 Å². The van der Waals surface area contributed by atoms with Crippen LogP contribution in [0, 0.1) is 0 Å². The van der Waals surface area contributed by atoms with E-state index in [1.807, 2.05) is 14.2 Å². The zero-order chi connectivity index (χ0) is 17.7. The number of ether oxygens (including phenoxy) is 2. The van der Waals surface area contributed by atoms with Gasteiger partial charge in [0.25, 0.3) is 11.9 Å². The van der Waals surface area contributed by atoms with Crippen LogP contribution in [0.3, 0.4) is 0 Å². The second-order valence-corrected chi connectivity index (χ2v) is 13.4. The monoisotopic (exact) mass is 694 g/mol. The topological polar surface area (TPSA) is 93.1 Å². The predicted molar refractivity (Wildman–Crippen MR) is 74.2 cm³/mol. The van der Waals surface area contributed by atoms with E-state index in [0.717, 1.165) is 72.9 Å². The van der Waals surface area contributed by atoms with E-state index in [2.05, 4.69) is 0 Å². The molecule has 4 unspecified atom stereocenters. The summed E-state index contributed by atoms with van der Waals surface area (Å²) >= 11 is 1.69. The van der Waals surface area contributed by atoms with Crippen molar-refractivity contribution in [2.45, 2.75) is 58.6 Å². The molecule has 2 N–H and O–H groups in total. The molecule has 0 spiro atoms. The third-order valence-electron chi connectivity index (χ3n) is 3.30. The van der Waals surface area contributed by atoms with Crippen LogP contribution in [0.15, 0.2) is 0 Å². The molecule has 1 fully saturated rings. The molecule has 1 aliphatic carbocycles. The Bertz CT molecular complexity index is 276. The van der Waals surface area contributed by atoms with Crippen LogP contribution in [0.2, 0.25) is 6.85 Å². The van der Waals surface area contributed by atoms with Crippen LogP contribution in [0.4, 0.5) is 0 Å². The van der Waals surface area contributed by atoms with Gasteiger partial charge in [-0.2, -0.15) is 0 Å². The summed E-state index contributed by atoms with van der Waals surface area (Å²) in [4.78, 5) is 18.0. The fraction of sp³-hybridized carbons (Fsp3) is 0.857. The summed E-state index contributed by atoms with van der Waals surface area (Å²) in [7, 11) is 3.76. The Morgan fingerprint density at radius 1 is 0.818 bits per heavy atom. The van der Waals surface area contributed by atoms with Gasteiger partial charge < -0.3 is 10.2 Å². The molecule has 0 aromatic heterocycles. The van der Waals surface area contributed by atoms with Crippen LogP contribution < -0.4 is 0 Å². The number of hydrogen-bond donors (Lipinski definition) is 2. The van der Waals surface area contributed by atoms with E-state index >= 15 is 0 Å². The third kappa shape index (κ3) is 15.6. The molecule has 4 atom stereocenters. The average molecular weight is 692 g/mol. The molecular formula is C14H26Hg2O6. The first-order chi connectivity index (χ1) is 10.1. The van der Waals surface area contributed by atoms with Crippen LogP contribution in [0.5, 0.6) is 0 Å². The van der Waals surface area contributed by atoms with Crippen molar-refractivity contribution in [3.63, 3.8) is 0 Å². The molecule has 0 heterocycles. The molecule has 0 saturated heterocycles. The number of carboxylic acid groups (broad SMARTS) is 2. The summed E-state index contributed by atoms with van der Waals surface area (Å²) in [5, 5.41) is 14.8. The Morgan fingerprint density at radius 2 is 1.05 bits per heavy atom. The first kappa shape index (κ1) is 25.0. The number of rotatable bonds is 2. The quantitative estimate of drug-likeness (QED) is 0.433. The Morgan fingerprint density at radius 3 is 1.23 bits per heavy atom. The van der Waals surface area contributed by atoms with Crippen molar-refractivity contribution in [3.8, 4) is 0 Å². The van der Waals surface area contributed by atoms with Crippen LogP contribution in [-0.2, 0) is 71.3 Å². The SMILES string of the molecule is CC(=O)O.CC(=O)O.COC1CC[CH]([Hg])C(OC)CC[CH]1[Hg]. The maximum absolute atomic E-state index is 9.00. The molecule has 8 heteroatoms. The van der Waals surface area contributed by atoms with Gasteiger partial charge >= 0.3 is 121 Å². The van der Waals surface area contributed by atoms with Gasteiger partial charge in [0, 0.05) is 13.8 Å². The summed E-state index contributed by atoms with van der Waals surface area (Å²) in [6.45, 7) is 2.17. The van der Waals surface area contributed by atoms with Gasteiger partial charge in [0.05, 0.1) is 0 Å². The molecule has 0 aliphatic heterocycles. The number of carboxylic acids is 2. The zero-order valence-corrected chi connectivity index (χ0v) is 25.1. The molecule has 0 aromatic carbocycles. The Labute approximate surface area is 165 Å². The summed E-state index contributed by atoms with van der Waals surface area (Å²) in [6.07, 6.45) is 6.38. The second-order valence-electron chi connectivity index (χ2n) is 5.26. The Balaban J connectivity index is 0. The van der Waals surface area contributed by atoms with Crippen molar-refractivity contribution in [3.05, 3.63) is 0 Å². The molecular weight excluding hydrogens is 665 g/mol. The molecule has 22 heavy (non-hydrogen) atoms. The molecule has 0 radical (unpaired) electrons. The summed E-state index contributed by atoms with van der Waals surface area (Å²) < 4.78 is 12.9. The van der Waals surface area contributed by atoms with Crippen molar-refractivity contribution >= 4 is 11.9 Å². The van der Waals surface area contributed by atoms with Crippen LogP contribution in [-0.4, -0.2) is 48.6 Å². The van der Waals surface area contributed by atoms with Gasteiger partial charge in [-0.05, 0) is 0 Å². The molecule has 122 valence electrons. The number of aliphatic carboxylic acids is 2. The van der Waals surface area contributed by atoms with E-state index in [1.165, 1.54) is 25.7 Å². The van der Waals surface area contributed by atoms with Gasteiger partial charge in [-0.1, -0.05) is 0 Å². The summed E-state index contributed by atoms with van der Waals surface area (Å²) in [5.41, 5.74) is 0. The van der Waals surface area contributed by atoms with Crippen molar-refractivity contribution in [2.24, 2.45) is 0 Å². The van der Waals surface area contributed by atoms with Crippen molar-refractivity contribution in [2.75, 3.05) is 14.2 Å². The summed E-state index contributed by atoms with van der Waals surface area (Å²) in [5.74, 6) is -1.67. The molecule has 0 aromatic rings. The maximum atomic E-state index is 9.00. The van der Waals surface area contributed by atoms with Crippen molar-refractivity contribution in [1.82, 2.24) is 0 Å². The van der Waals surface area contributed by atoms with Gasteiger partial charge in [-0.3, -0.25) is 9.59 Å². The fourth-order valence-electron chi connectivity index (χ4n) is 2.22. The number of hydrogen-bond acceptors (Lipinski definition) is 4. The Hall–Kier alpha value is 0.730. The summed E-state index contributed by atoms with van der Waals surface area (Å²) in [6, 6.07) is 0. The molecule has 1 rings (SSSR count). The fourth-order valence-corrected chi connectivity index (χ4v) is 7.38. The van der Waals surface area contributed by atoms with E-state index in [1.54, 1.807) is 0 Å². The standard InChI is InChI=1S/C10H18O2.2C2H4O2.2Hg/c1-11-9-5-3-7-10(12-2)8-4-6-9;2*1-2(3)4;;/h5,8-10H,3-4,6-7H2,1-2H3;2*1H3,(H,3,4);;. The molecule has 1 saturated carbocycles. The molecule has 1 aliphatic rings. The minimum atomic E-state index is -0.833. The van der Waals surface area contributed by atoms with Gasteiger partial charge in [0.2, 0.25) is 0 Å². The second kappa shape index (κ2) is 15.3. The van der Waals surface area contributed by atoms with E-state index in [9.17, 15) is 0 Å². The first-order valence-electron chi connectivity index (χ1n) is 7.26. The minimum absolute atomic E-state index is 0.571. The molecule has 6 nitrogen and oxygen atoms in total. The molecule has 0 amide bonds. The van der Waals surface area contributed by atoms with Gasteiger partial charge in [-0.15, -0.1) is 0 Å². The molecule has 0 bridgehead atoms. The van der Waals surface area contributed by atoms with Gasteiger partial charge in [-0.25, -0.2) is 0 Å². The predicted octanol–water partition coefficient (Wildman–Crippen LogP) is 2.44. The Kier molecular flexibility index (Phi) is 17.3. The number of methoxy groups -OCH3 is 2. The third-order valence-corrected chi connectivity index (χ3v) is 10.6. The van der Waals surface area contributed by atoms with Crippen LogP contribution in [0.25, 0.3) is 0 Å². The average Bonchev–Trinajstić information content (AvgIpc) is 2.37. The van der Waals surface area contributed by atoms with Gasteiger partial charge in [0.1, 0.15) is 0 Å². The first-order valence-corrected chi connectivity index (χ1v) is 13.6. The van der Waals surface area contributed by atoms with E-state index in [0.29, 0.717) is 12.2 Å². The van der Waals surface area contributed by atoms with E-state index in [-0.39, 0.29) is 0 Å². The van der Waals surface area contributed by atoms with Crippen molar-refractivity contribution in [1.29, 1.82) is 0 Å². The van der Waals surface area contributed by atoms with E-state index < -0.39 is 11.9 Å².